The lowest BCUT2D eigenvalue weighted by Gasteiger charge is -2.28. The van der Waals surface area contributed by atoms with E-state index in [0.717, 1.165) is 18.8 Å². The molecule has 1 aliphatic carbocycles. The summed E-state index contributed by atoms with van der Waals surface area (Å²) in [6, 6.07) is 0.397. The lowest BCUT2D eigenvalue weighted by Crippen LogP contribution is -2.36. The minimum Gasteiger partial charge on any atom is -0.350 e. The van der Waals surface area contributed by atoms with Gasteiger partial charge in [-0.2, -0.15) is 0 Å². The second kappa shape index (κ2) is 5.84. The van der Waals surface area contributed by atoms with E-state index in [2.05, 4.69) is 18.8 Å². The summed E-state index contributed by atoms with van der Waals surface area (Å²) in [7, 11) is 0. The van der Waals surface area contributed by atoms with Crippen molar-refractivity contribution in [2.45, 2.75) is 51.5 Å². The first-order chi connectivity index (χ1) is 6.76. The molecule has 1 N–H and O–H groups in total. The Kier molecular flexibility index (Phi) is 4.71. The van der Waals surface area contributed by atoms with Crippen molar-refractivity contribution in [3.63, 3.8) is 0 Å². The normalized spacial score (nSPS) is 26.9. The van der Waals surface area contributed by atoms with Crippen LogP contribution in [-0.4, -0.2) is 11.9 Å². The van der Waals surface area contributed by atoms with Crippen molar-refractivity contribution in [2.75, 3.05) is 0 Å². The number of amides is 1. The number of hydrogen-bond donors (Lipinski definition) is 1. The van der Waals surface area contributed by atoms with Crippen LogP contribution < -0.4 is 5.32 Å². The van der Waals surface area contributed by atoms with Crippen LogP contribution in [0, 0.1) is 5.92 Å². The predicted molar refractivity (Wildman–Crippen MR) is 59.0 cm³/mol. The Balaban J connectivity index is 2.21. The molecule has 1 rings (SSSR count). The Morgan fingerprint density at radius 1 is 1.43 bits per heavy atom. The fourth-order valence-corrected chi connectivity index (χ4v) is 2.26. The van der Waals surface area contributed by atoms with Gasteiger partial charge >= 0.3 is 0 Å². The van der Waals surface area contributed by atoms with Crippen molar-refractivity contribution in [3.8, 4) is 0 Å². The third kappa shape index (κ3) is 3.52. The Bertz CT molecular complexity index is 192. The molecule has 2 heteroatoms. The molecule has 14 heavy (non-hydrogen) atoms. The minimum atomic E-state index is -0.0241. The predicted octanol–water partition coefficient (Wildman–Crippen LogP) is 2.65. The summed E-state index contributed by atoms with van der Waals surface area (Å²) in [4.78, 5) is 11.1. The first-order valence-corrected chi connectivity index (χ1v) is 5.69. The molecule has 0 atom stereocenters. The molecule has 0 aromatic rings. The maximum atomic E-state index is 11.1. The van der Waals surface area contributed by atoms with Crippen LogP contribution in [0.5, 0.6) is 0 Å². The van der Waals surface area contributed by atoms with Crippen LogP contribution >= 0.6 is 0 Å². The highest BCUT2D eigenvalue weighted by Gasteiger charge is 2.20. The van der Waals surface area contributed by atoms with Gasteiger partial charge in [0.05, 0.1) is 0 Å². The maximum Gasteiger partial charge on any atom is 0.243 e. The van der Waals surface area contributed by atoms with E-state index in [4.69, 9.17) is 0 Å². The zero-order valence-corrected chi connectivity index (χ0v) is 9.09. The largest absolute Gasteiger partial charge is 0.350 e. The molecule has 0 aromatic heterocycles. The lowest BCUT2D eigenvalue weighted by atomic mass is 9.83. The van der Waals surface area contributed by atoms with Crippen LogP contribution in [0.1, 0.15) is 45.4 Å². The molecule has 0 aromatic carbocycles. The highest BCUT2D eigenvalue weighted by atomic mass is 16.1. The summed E-state index contributed by atoms with van der Waals surface area (Å²) in [5.41, 5.74) is 0. The van der Waals surface area contributed by atoms with Crippen molar-refractivity contribution in [3.05, 3.63) is 12.7 Å². The quantitative estimate of drug-likeness (QED) is 0.686. The smallest absolute Gasteiger partial charge is 0.243 e. The van der Waals surface area contributed by atoms with Gasteiger partial charge in [-0.1, -0.05) is 26.3 Å². The van der Waals surface area contributed by atoms with Crippen LogP contribution in [0.3, 0.4) is 0 Å². The van der Waals surface area contributed by atoms with Gasteiger partial charge in [-0.05, 0) is 37.7 Å². The topological polar surface area (TPSA) is 29.1 Å². The first kappa shape index (κ1) is 11.3. The summed E-state index contributed by atoms with van der Waals surface area (Å²) in [6.07, 6.45) is 8.83. The Morgan fingerprint density at radius 3 is 2.57 bits per heavy atom. The van der Waals surface area contributed by atoms with E-state index in [-0.39, 0.29) is 5.91 Å². The minimum absolute atomic E-state index is 0.0241. The van der Waals surface area contributed by atoms with Gasteiger partial charge in [-0.3, -0.25) is 4.79 Å². The van der Waals surface area contributed by atoms with E-state index in [9.17, 15) is 4.79 Å². The molecule has 0 heterocycles. The SMILES string of the molecule is C=CC(=O)NC1CCC(CCC)CC1. The highest BCUT2D eigenvalue weighted by Crippen LogP contribution is 2.27. The highest BCUT2D eigenvalue weighted by molar-refractivity contribution is 5.87. The van der Waals surface area contributed by atoms with Crippen molar-refractivity contribution < 1.29 is 4.79 Å². The average Bonchev–Trinajstić information content (AvgIpc) is 2.21. The lowest BCUT2D eigenvalue weighted by molar-refractivity contribution is -0.117. The third-order valence-corrected chi connectivity index (χ3v) is 3.08. The molecule has 1 aliphatic rings. The Morgan fingerprint density at radius 2 is 2.07 bits per heavy atom. The molecule has 0 bridgehead atoms. The number of hydrogen-bond acceptors (Lipinski definition) is 1. The summed E-state index contributed by atoms with van der Waals surface area (Å²) in [5.74, 6) is 0.876. The van der Waals surface area contributed by atoms with Gasteiger partial charge in [-0.25, -0.2) is 0 Å². The monoisotopic (exact) mass is 195 g/mol. The maximum absolute atomic E-state index is 11.1. The van der Waals surface area contributed by atoms with E-state index in [1.807, 2.05) is 0 Å². The van der Waals surface area contributed by atoms with E-state index in [0.29, 0.717) is 6.04 Å². The van der Waals surface area contributed by atoms with Crippen LogP contribution in [-0.2, 0) is 4.79 Å². The van der Waals surface area contributed by atoms with Gasteiger partial charge in [0, 0.05) is 6.04 Å². The van der Waals surface area contributed by atoms with Crippen molar-refractivity contribution >= 4 is 5.91 Å². The summed E-state index contributed by atoms with van der Waals surface area (Å²) < 4.78 is 0. The van der Waals surface area contributed by atoms with E-state index < -0.39 is 0 Å². The zero-order chi connectivity index (χ0) is 10.4. The zero-order valence-electron chi connectivity index (χ0n) is 9.09. The molecular weight excluding hydrogens is 174 g/mol. The van der Waals surface area contributed by atoms with Crippen LogP contribution in [0.15, 0.2) is 12.7 Å². The number of nitrogens with one attached hydrogen (secondary N) is 1. The summed E-state index contributed by atoms with van der Waals surface area (Å²) in [5, 5.41) is 2.97. The van der Waals surface area contributed by atoms with Crippen LogP contribution in [0.25, 0.3) is 0 Å². The van der Waals surface area contributed by atoms with E-state index in [1.165, 1.54) is 31.8 Å². The molecule has 0 radical (unpaired) electrons. The van der Waals surface area contributed by atoms with Crippen molar-refractivity contribution in [2.24, 2.45) is 5.92 Å². The molecule has 0 spiro atoms. The van der Waals surface area contributed by atoms with E-state index in [1.54, 1.807) is 0 Å². The van der Waals surface area contributed by atoms with Crippen LogP contribution in [0.4, 0.5) is 0 Å². The van der Waals surface area contributed by atoms with Gasteiger partial charge < -0.3 is 5.32 Å². The van der Waals surface area contributed by atoms with Crippen molar-refractivity contribution in [1.29, 1.82) is 0 Å². The number of carbonyl (C=O) groups excluding carboxylic acids is 1. The molecule has 2 nitrogen and oxygen atoms in total. The van der Waals surface area contributed by atoms with Crippen LogP contribution in [0.2, 0.25) is 0 Å². The number of carbonyl (C=O) groups is 1. The van der Waals surface area contributed by atoms with Gasteiger partial charge in [0.15, 0.2) is 0 Å². The molecule has 1 fully saturated rings. The molecule has 0 aliphatic heterocycles. The molecule has 0 unspecified atom stereocenters. The molecular formula is C12H21NO. The van der Waals surface area contributed by atoms with Gasteiger partial charge in [0.1, 0.15) is 0 Å². The van der Waals surface area contributed by atoms with E-state index >= 15 is 0 Å². The summed E-state index contributed by atoms with van der Waals surface area (Å²) in [6.45, 7) is 5.70. The van der Waals surface area contributed by atoms with Gasteiger partial charge in [0.2, 0.25) is 5.91 Å². The average molecular weight is 195 g/mol. The Hall–Kier alpha value is -0.790. The fourth-order valence-electron chi connectivity index (χ4n) is 2.26. The number of rotatable bonds is 4. The second-order valence-electron chi connectivity index (χ2n) is 4.22. The first-order valence-electron chi connectivity index (χ1n) is 5.69. The molecule has 1 amide bonds. The molecule has 0 saturated heterocycles. The van der Waals surface area contributed by atoms with Gasteiger partial charge in [-0.15, -0.1) is 0 Å². The Labute approximate surface area is 86.8 Å². The molecule has 80 valence electrons. The third-order valence-electron chi connectivity index (χ3n) is 3.08. The van der Waals surface area contributed by atoms with Crippen molar-refractivity contribution in [1.82, 2.24) is 5.32 Å². The summed E-state index contributed by atoms with van der Waals surface area (Å²) >= 11 is 0. The molecule has 1 saturated carbocycles. The standard InChI is InChI=1S/C12H21NO/c1-3-5-10-6-8-11(9-7-10)13-12(14)4-2/h4,10-11H,2-3,5-9H2,1H3,(H,13,14). The second-order valence-corrected chi connectivity index (χ2v) is 4.22. The van der Waals surface area contributed by atoms with Gasteiger partial charge in [0.25, 0.3) is 0 Å². The fraction of sp³-hybridized carbons (Fsp3) is 0.750.